The maximum atomic E-state index is 15.0. The van der Waals surface area contributed by atoms with Crippen LogP contribution >= 0.6 is 0 Å². The summed E-state index contributed by atoms with van der Waals surface area (Å²) in [7, 11) is -1.31. The lowest BCUT2D eigenvalue weighted by Crippen LogP contribution is -2.60. The molecule has 1 aromatic heterocycles. The van der Waals surface area contributed by atoms with Crippen LogP contribution in [0.1, 0.15) is 85.3 Å². The van der Waals surface area contributed by atoms with E-state index in [1.807, 2.05) is 13.0 Å². The molecule has 0 spiro atoms. The highest BCUT2D eigenvalue weighted by Crippen LogP contribution is 2.48. The van der Waals surface area contributed by atoms with Gasteiger partial charge in [-0.15, -0.1) is 0 Å². The molecule has 7 atom stereocenters. The van der Waals surface area contributed by atoms with Gasteiger partial charge in [-0.1, -0.05) is 19.1 Å². The summed E-state index contributed by atoms with van der Waals surface area (Å²) in [6.45, 7) is 7.96. The van der Waals surface area contributed by atoms with E-state index in [4.69, 9.17) is 18.9 Å². The van der Waals surface area contributed by atoms with Gasteiger partial charge in [0.1, 0.15) is 35.1 Å². The van der Waals surface area contributed by atoms with Gasteiger partial charge in [0, 0.05) is 31.4 Å². The SMILES string of the molecule is COC[C@@H]1C[C@@H](C)CC/C=C\[C@@H]2C[C@@]2(C(=O)NS(=O)(=O)C2(C)CC2)NC(=O)[C@@H]2C[C@@H](Oc3nc4cc(OC)ccc4nc3C(F)(F)F)CN2C(=O)[C@H]1NC(=O)OC(C)(C)C. The highest BCUT2D eigenvalue weighted by molar-refractivity contribution is 7.91. The number of hydrogen-bond donors (Lipinski definition) is 3. The molecule has 1 aromatic carbocycles. The van der Waals surface area contributed by atoms with Gasteiger partial charge in [-0.25, -0.2) is 23.2 Å². The molecule has 4 aliphatic rings. The van der Waals surface area contributed by atoms with Crippen molar-refractivity contribution in [3.8, 4) is 11.6 Å². The maximum absolute atomic E-state index is 15.0. The van der Waals surface area contributed by atoms with Crippen LogP contribution in [0.3, 0.4) is 0 Å². The van der Waals surface area contributed by atoms with E-state index in [2.05, 4.69) is 25.3 Å². The number of alkyl halides is 3. The lowest BCUT2D eigenvalue weighted by atomic mass is 9.87. The van der Waals surface area contributed by atoms with Crippen molar-refractivity contribution in [3.05, 3.63) is 36.0 Å². The molecule has 60 heavy (non-hydrogen) atoms. The second-order valence-corrected chi connectivity index (χ2v) is 19.7. The van der Waals surface area contributed by atoms with Gasteiger partial charge in [-0.05, 0) is 84.3 Å². The molecule has 3 heterocycles. The number of sulfonamides is 1. The fraction of sp³-hybridized carbons (Fsp3) is 0.650. The lowest BCUT2D eigenvalue weighted by molar-refractivity contribution is -0.143. The average Bonchev–Trinajstić information content (AvgIpc) is 4.03. The molecule has 16 nitrogen and oxygen atoms in total. The van der Waals surface area contributed by atoms with E-state index in [-0.39, 0.29) is 36.4 Å². The van der Waals surface area contributed by atoms with E-state index in [9.17, 15) is 40.8 Å². The molecule has 3 N–H and O–H groups in total. The number of carbonyl (C=O) groups excluding carboxylic acids is 4. The van der Waals surface area contributed by atoms with E-state index >= 15 is 0 Å². The first kappa shape index (κ1) is 44.8. The minimum absolute atomic E-state index is 0.000843. The van der Waals surface area contributed by atoms with Crippen molar-refractivity contribution in [3.63, 3.8) is 0 Å². The Morgan fingerprint density at radius 1 is 1.07 bits per heavy atom. The van der Waals surface area contributed by atoms with Crippen LogP contribution in [-0.4, -0.2) is 109 Å². The molecule has 0 radical (unpaired) electrons. The zero-order chi connectivity index (χ0) is 44.0. The molecule has 2 aliphatic heterocycles. The topological polar surface area (TPSA) is 204 Å². The summed E-state index contributed by atoms with van der Waals surface area (Å²) in [5, 5.41) is 5.42. The van der Waals surface area contributed by atoms with Crippen LogP contribution in [0.25, 0.3) is 11.0 Å². The molecule has 0 unspecified atom stereocenters. The summed E-state index contributed by atoms with van der Waals surface area (Å²) in [5.74, 6) is -4.53. The third-order valence-electron chi connectivity index (χ3n) is 11.5. The monoisotopic (exact) mass is 866 g/mol. The molecule has 2 saturated carbocycles. The number of carbonyl (C=O) groups is 4. The number of fused-ring (bicyclic) bond motifs is 3. The van der Waals surface area contributed by atoms with Gasteiger partial charge in [-0.2, -0.15) is 13.2 Å². The van der Waals surface area contributed by atoms with Crippen molar-refractivity contribution in [2.75, 3.05) is 27.4 Å². The minimum Gasteiger partial charge on any atom is -0.497 e. The van der Waals surface area contributed by atoms with Crippen LogP contribution in [0.5, 0.6) is 11.6 Å². The van der Waals surface area contributed by atoms with Crippen LogP contribution in [0.2, 0.25) is 0 Å². The first-order valence-corrected chi connectivity index (χ1v) is 21.4. The van der Waals surface area contributed by atoms with Gasteiger partial charge in [0.15, 0.2) is 0 Å². The Hall–Kier alpha value is -4.72. The smallest absolute Gasteiger partial charge is 0.438 e. The van der Waals surface area contributed by atoms with E-state index in [1.165, 1.54) is 39.3 Å². The molecule has 2 aliphatic carbocycles. The highest BCUT2D eigenvalue weighted by atomic mass is 32.2. The number of ether oxygens (including phenoxy) is 4. The van der Waals surface area contributed by atoms with Crippen molar-refractivity contribution in [1.29, 1.82) is 0 Å². The van der Waals surface area contributed by atoms with Crippen LogP contribution in [0.15, 0.2) is 30.4 Å². The Kier molecular flexibility index (Phi) is 12.4. The van der Waals surface area contributed by atoms with E-state index < -0.39 is 104 Å². The van der Waals surface area contributed by atoms with Crippen molar-refractivity contribution < 1.29 is 59.7 Å². The van der Waals surface area contributed by atoms with Crippen molar-refractivity contribution in [1.82, 2.24) is 30.2 Å². The second kappa shape index (κ2) is 16.6. The molecule has 2 aromatic rings. The number of methoxy groups -OCH3 is 2. The molecule has 20 heteroatoms. The first-order chi connectivity index (χ1) is 28.0. The quantitative estimate of drug-likeness (QED) is 0.300. The zero-order valence-corrected chi connectivity index (χ0v) is 35.5. The van der Waals surface area contributed by atoms with Gasteiger partial charge in [0.25, 0.3) is 5.91 Å². The van der Waals surface area contributed by atoms with Crippen LogP contribution in [0, 0.1) is 17.8 Å². The standard InChI is InChI=1S/C40H53F3N6O10S/c1-22-10-8-9-11-24-19-39(24,35(52)48-60(54,55)38(5)14-15-38)47-32(50)29-18-26(58-33-31(40(41,42)43)44-27-13-12-25(57-7)17-28(27)45-33)20-49(29)34(51)30(23(16-22)21-56-6)46-36(53)59-37(2,3)4/h9,11-13,17,22-24,26,29-30H,8,10,14-16,18-21H2,1-7H3,(H,46,53)(H,47,50)(H,48,52)/b11-9-/t22-,23-,24+,26+,29-,30-,39+/m0/s1. The number of allylic oxidation sites excluding steroid dienone is 1. The fourth-order valence-corrected chi connectivity index (χ4v) is 9.11. The number of hydrogen-bond acceptors (Lipinski definition) is 12. The zero-order valence-electron chi connectivity index (χ0n) is 34.7. The molecule has 1 saturated heterocycles. The number of aromatic nitrogens is 2. The van der Waals surface area contributed by atoms with Gasteiger partial charge >= 0.3 is 12.3 Å². The predicted octanol–water partition coefficient (Wildman–Crippen LogP) is 4.41. The van der Waals surface area contributed by atoms with Crippen molar-refractivity contribution in [2.24, 2.45) is 17.8 Å². The van der Waals surface area contributed by atoms with Crippen LogP contribution in [0.4, 0.5) is 18.0 Å². The Bertz CT molecular complexity index is 2140. The molecule has 4 amide bonds. The normalized spacial score (nSPS) is 28.9. The van der Waals surface area contributed by atoms with Crippen molar-refractivity contribution in [2.45, 2.75) is 120 Å². The summed E-state index contributed by atoms with van der Waals surface area (Å²) in [5.41, 5.74) is -4.18. The third kappa shape index (κ3) is 9.74. The van der Waals surface area contributed by atoms with Crippen LogP contribution in [-0.2, 0) is 40.1 Å². The highest BCUT2D eigenvalue weighted by Gasteiger charge is 2.63. The van der Waals surface area contributed by atoms with E-state index in [0.29, 0.717) is 37.9 Å². The van der Waals surface area contributed by atoms with Gasteiger partial charge < -0.3 is 34.5 Å². The number of rotatable bonds is 9. The van der Waals surface area contributed by atoms with E-state index in [1.54, 1.807) is 26.8 Å². The minimum atomic E-state index is -5.02. The number of nitrogens with zero attached hydrogens (tertiary/aromatic N) is 3. The Morgan fingerprint density at radius 3 is 2.42 bits per heavy atom. The second-order valence-electron chi connectivity index (χ2n) is 17.6. The van der Waals surface area contributed by atoms with Crippen molar-refractivity contribution >= 4 is 44.9 Å². The fourth-order valence-electron chi connectivity index (χ4n) is 7.80. The number of amides is 4. The summed E-state index contributed by atoms with van der Waals surface area (Å²) < 4.78 is 93.2. The predicted molar refractivity (Wildman–Crippen MR) is 210 cm³/mol. The van der Waals surface area contributed by atoms with Gasteiger partial charge in [0.05, 0.1) is 36.0 Å². The number of alkyl carbamates (subject to hydrolysis) is 1. The Labute approximate surface area is 346 Å². The molecule has 3 fully saturated rings. The number of halogens is 3. The largest absolute Gasteiger partial charge is 0.497 e. The summed E-state index contributed by atoms with van der Waals surface area (Å²) in [4.78, 5) is 65.8. The number of benzene rings is 1. The third-order valence-corrected chi connectivity index (χ3v) is 13.7. The average molecular weight is 867 g/mol. The summed E-state index contributed by atoms with van der Waals surface area (Å²) in [6, 6.07) is 1.28. The Balaban J connectivity index is 1.41. The number of nitrogens with one attached hydrogen (secondary N) is 3. The summed E-state index contributed by atoms with van der Waals surface area (Å²) >= 11 is 0. The summed E-state index contributed by atoms with van der Waals surface area (Å²) in [6.07, 6.45) is -1.72. The first-order valence-electron chi connectivity index (χ1n) is 19.9. The molecular weight excluding hydrogens is 814 g/mol. The molecule has 330 valence electrons. The molecular formula is C40H53F3N6O10S. The van der Waals surface area contributed by atoms with E-state index in [0.717, 1.165) is 4.90 Å². The van der Waals surface area contributed by atoms with Crippen LogP contribution < -0.4 is 24.8 Å². The molecule has 6 rings (SSSR count). The van der Waals surface area contributed by atoms with Gasteiger partial charge in [-0.3, -0.25) is 19.1 Å². The lowest BCUT2D eigenvalue weighted by Gasteiger charge is -2.34. The molecule has 0 bridgehead atoms. The van der Waals surface area contributed by atoms with Gasteiger partial charge in [0.2, 0.25) is 33.4 Å². The maximum Gasteiger partial charge on any atom is 0.438 e. The Morgan fingerprint density at radius 2 is 1.78 bits per heavy atom.